The van der Waals surface area contributed by atoms with E-state index >= 15 is 0 Å². The van der Waals surface area contributed by atoms with E-state index in [1.807, 2.05) is 86.0 Å². The second-order valence-electron chi connectivity index (χ2n) is 24.6. The average Bonchev–Trinajstić information content (AvgIpc) is 1.60. The van der Waals surface area contributed by atoms with E-state index in [0.717, 1.165) is 143 Å². The molecule has 13 rings (SSSR count). The summed E-state index contributed by atoms with van der Waals surface area (Å²) in [4.78, 5) is 54.3. The normalized spacial score (nSPS) is 14.5. The van der Waals surface area contributed by atoms with Crippen LogP contribution in [0.15, 0.2) is 45.4 Å². The number of hydrogen-bond donors (Lipinski definition) is 2. The van der Waals surface area contributed by atoms with Gasteiger partial charge in [0.05, 0.1) is 64.4 Å². The number of likely N-dealkylation sites (N-methyl/N-ethyl adjacent to an activating group) is 2. The van der Waals surface area contributed by atoms with Gasteiger partial charge < -0.3 is 56.7 Å². The SMILES string of the molecule is CC(C)c1c(B2OC(C)(C)C(C)(C)O2)cc2n1CCN(C)C2=O.COc1cc2c(cc1-c1c(C)noc1C)[nH]c1nc(C)nc(-c3cc4n(c3C(C)C)CCN(C)C4=O)c12.COc1cc2c(cc1-c1c(C)noc1C)[nH]c1nc(C)nc(Cl)c12.S=S=S=S=S=S=S=S=S=S=S=S=S. The largest absolute Gasteiger partial charge is 0.496 e. The first-order chi connectivity index (χ1) is 46.1. The Labute approximate surface area is 608 Å². The van der Waals surface area contributed by atoms with Gasteiger partial charge in [-0.15, -0.1) is 0 Å². The van der Waals surface area contributed by atoms with Gasteiger partial charge in [-0.3, -0.25) is 9.59 Å². The fourth-order valence-corrected chi connectivity index (χ4v) is 37.3. The zero-order valence-corrected chi connectivity index (χ0v) is 67.8. The minimum atomic E-state index is -0.423. The molecule has 10 aromatic rings. The lowest BCUT2D eigenvalue weighted by Gasteiger charge is -2.32. The third kappa shape index (κ3) is 15.4. The first kappa shape index (κ1) is 74.5. The lowest BCUT2D eigenvalue weighted by Crippen LogP contribution is -2.41. The van der Waals surface area contributed by atoms with Crippen molar-refractivity contribution in [1.82, 2.24) is 59.2 Å². The van der Waals surface area contributed by atoms with E-state index in [0.29, 0.717) is 46.4 Å². The Kier molecular flexibility index (Phi) is 24.1. The van der Waals surface area contributed by atoms with Crippen LogP contribution in [-0.2, 0) is 142 Å². The predicted molar refractivity (Wildman–Crippen MR) is 422 cm³/mol. The highest BCUT2D eigenvalue weighted by Crippen LogP contribution is 2.45. The number of halogens is 1. The van der Waals surface area contributed by atoms with Gasteiger partial charge in [-0.1, -0.05) is 49.6 Å². The zero-order chi connectivity index (χ0) is 70.1. The van der Waals surface area contributed by atoms with Crippen LogP contribution in [0, 0.1) is 41.5 Å². The summed E-state index contributed by atoms with van der Waals surface area (Å²) in [6.45, 7) is 31.2. The van der Waals surface area contributed by atoms with Crippen molar-refractivity contribution in [2.75, 3.05) is 41.4 Å². The molecule has 0 radical (unpaired) electrons. The predicted octanol–water partition coefficient (Wildman–Crippen LogP) is 11.7. The molecule has 2 N–H and O–H groups in total. The molecule has 0 unspecified atom stereocenters. The highest BCUT2D eigenvalue weighted by Gasteiger charge is 2.53. The summed E-state index contributed by atoms with van der Waals surface area (Å²) in [5.41, 5.74) is 14.3. The molecule has 2 aromatic carbocycles. The third-order valence-electron chi connectivity index (χ3n) is 17.2. The molecule has 1 fully saturated rings. The average molecular weight is 1580 g/mol. The van der Waals surface area contributed by atoms with E-state index in [2.05, 4.69) is 101 Å². The number of aryl methyl sites for hydroxylation is 6. The van der Waals surface area contributed by atoms with Crippen LogP contribution in [0.1, 0.15) is 134 Å². The van der Waals surface area contributed by atoms with Crippen molar-refractivity contribution in [3.63, 3.8) is 0 Å². The van der Waals surface area contributed by atoms with Crippen LogP contribution in [0.5, 0.6) is 11.5 Å². The molecular weight excluding hydrogens is 1500 g/mol. The van der Waals surface area contributed by atoms with E-state index in [9.17, 15) is 9.59 Å². The highest BCUT2D eigenvalue weighted by atomic mass is 35.5. The van der Waals surface area contributed by atoms with E-state index in [-0.39, 0.29) is 28.9 Å². The lowest BCUT2D eigenvalue weighted by atomic mass is 9.77. The monoisotopic (exact) mass is 1570 g/mol. The van der Waals surface area contributed by atoms with Crippen molar-refractivity contribution in [3.05, 3.63) is 98.9 Å². The van der Waals surface area contributed by atoms with Crippen LogP contribution in [-0.4, -0.2) is 131 Å². The van der Waals surface area contributed by atoms with Gasteiger partial charge in [0.2, 0.25) is 0 Å². The Balaban J connectivity index is 0.000000149. The number of carbonyl (C=O) groups is 2. The highest BCUT2D eigenvalue weighted by molar-refractivity contribution is 8.75. The second kappa shape index (κ2) is 31.4. The van der Waals surface area contributed by atoms with Crippen LogP contribution >= 0.6 is 11.6 Å². The third-order valence-corrected chi connectivity index (χ3v) is 39.7. The number of hydrogen-bond acceptors (Lipinski definition) is 16. The van der Waals surface area contributed by atoms with Gasteiger partial charge in [0.25, 0.3) is 11.8 Å². The maximum Gasteiger partial charge on any atom is 0.496 e. The van der Waals surface area contributed by atoms with Crippen molar-refractivity contribution < 1.29 is 37.4 Å². The molecule has 0 spiro atoms. The van der Waals surface area contributed by atoms with E-state index in [4.69, 9.17) is 71.8 Å². The topological polar surface area (TPSA) is 223 Å². The Morgan fingerprint density at radius 3 is 1.42 bits per heavy atom. The van der Waals surface area contributed by atoms with Gasteiger partial charge in [-0.25, -0.2) is 19.9 Å². The van der Waals surface area contributed by atoms with Gasteiger partial charge in [0.15, 0.2) is 0 Å². The van der Waals surface area contributed by atoms with Crippen molar-refractivity contribution in [2.45, 2.75) is 133 Å². The van der Waals surface area contributed by atoms with Gasteiger partial charge in [0, 0.05) is 216 Å². The quantitative estimate of drug-likeness (QED) is 0.107. The fourth-order valence-electron chi connectivity index (χ4n) is 12.3. The lowest BCUT2D eigenvalue weighted by molar-refractivity contribution is 0.00578. The summed E-state index contributed by atoms with van der Waals surface area (Å²) >= 11 is 15.7. The Morgan fingerprint density at radius 2 is 0.990 bits per heavy atom. The number of ether oxygens (including phenoxy) is 2. The first-order valence-electron chi connectivity index (χ1n) is 30.4. The molecule has 3 aliphatic heterocycles. The molecular formula is C62H72BClN12O8S13. The van der Waals surface area contributed by atoms with E-state index in [1.165, 1.54) is 17.8 Å². The number of H-pyrrole nitrogens is 2. The van der Waals surface area contributed by atoms with Gasteiger partial charge in [0.1, 0.15) is 62.5 Å². The summed E-state index contributed by atoms with van der Waals surface area (Å²) in [7, 11) is 24.7. The van der Waals surface area contributed by atoms with Crippen molar-refractivity contribution >= 4 is 200 Å². The summed E-state index contributed by atoms with van der Waals surface area (Å²) in [5, 5.41) is 12.2. The number of aromatic nitrogens is 10. The summed E-state index contributed by atoms with van der Waals surface area (Å²) in [6.07, 6.45) is 0. The van der Waals surface area contributed by atoms with Crippen LogP contribution < -0.4 is 14.9 Å². The number of fused-ring (bicyclic) bond motifs is 8. The Morgan fingerprint density at radius 1 is 0.567 bits per heavy atom. The molecule has 3 aliphatic rings. The molecule has 20 nitrogen and oxygen atoms in total. The van der Waals surface area contributed by atoms with Crippen LogP contribution in [0.4, 0.5) is 0 Å². The molecule has 0 bridgehead atoms. The molecule has 0 aliphatic carbocycles. The van der Waals surface area contributed by atoms with Crippen molar-refractivity contribution in [2.24, 2.45) is 0 Å². The van der Waals surface area contributed by atoms with Gasteiger partial charge >= 0.3 is 7.12 Å². The Bertz CT molecular complexity index is 5230. The molecule has 97 heavy (non-hydrogen) atoms. The number of methoxy groups -OCH3 is 2. The van der Waals surface area contributed by atoms with Crippen LogP contribution in [0.25, 0.3) is 77.4 Å². The standard InChI is InChI=1S/C28H30N6O3.C17H27BN2O3.C17H15ClN4O2.S13/c1-13(2)26-19(11-21-28(35)33(6)8-9-34(21)26)25-24-17-12-22(36-7)18(23-14(3)32-37-15(23)4)10-20(17)31-27(24)30-16(5)29-25;1-11(2)14-12(18-22-16(3,4)17(5,6)23-18)10-13-15(21)19(7)8-9-20(13)14;1-7-14(8(2)24-22-7)11-5-12-10(6-13(11)23-4)15-16(18)19-9(3)20-17(15)21-12;1-3-5-7-9-11-13-12-10-8-6-4-2/h10-13H,8-9H2,1-7H3,(H,29,30,31);10-11H,8-9H2,1-7H3;5-6H,1-4H3,(H,19,20,21);. The molecule has 0 atom stereocenters. The maximum atomic E-state index is 13.1. The Hall–Kier alpha value is -5.15. The van der Waals surface area contributed by atoms with Crippen molar-refractivity contribution in [3.8, 4) is 45.0 Å². The van der Waals surface area contributed by atoms with E-state index < -0.39 is 7.12 Å². The summed E-state index contributed by atoms with van der Waals surface area (Å²) in [6, 6.07) is 12.0. The summed E-state index contributed by atoms with van der Waals surface area (Å²) < 4.78 is 38.9. The van der Waals surface area contributed by atoms with Crippen LogP contribution in [0.2, 0.25) is 5.15 Å². The molecule has 2 amide bonds. The molecule has 8 aromatic heterocycles. The van der Waals surface area contributed by atoms with Crippen LogP contribution in [0.3, 0.4) is 0 Å². The van der Waals surface area contributed by atoms with Gasteiger partial charge in [-0.2, -0.15) is 0 Å². The first-order valence-corrected chi connectivity index (χ1v) is 46.7. The number of aromatic amines is 2. The maximum absolute atomic E-state index is 13.1. The van der Waals surface area contributed by atoms with E-state index in [1.54, 1.807) is 104 Å². The summed E-state index contributed by atoms with van der Waals surface area (Å²) in [5.74, 6) is 4.80. The fraction of sp³-hybridized carbons (Fsp3) is 0.419. The van der Waals surface area contributed by atoms with Gasteiger partial charge in [-0.05, 0) is 117 Å². The number of nitrogens with one attached hydrogen (secondary N) is 2. The minimum absolute atomic E-state index is 0.0334. The molecule has 11 heterocycles. The smallest absolute Gasteiger partial charge is 0.496 e. The number of benzene rings is 2. The molecule has 516 valence electrons. The van der Waals surface area contributed by atoms with Crippen molar-refractivity contribution in [1.29, 1.82) is 0 Å². The number of carbonyl (C=O) groups excluding carboxylic acids is 2. The number of amides is 2. The number of nitrogens with zero attached hydrogens (tertiary/aromatic N) is 10. The molecule has 0 saturated carbocycles. The minimum Gasteiger partial charge on any atom is -0.496 e. The second-order valence-corrected chi connectivity index (χ2v) is 44.4. The molecule has 1 saturated heterocycles. The number of rotatable bonds is 8. The zero-order valence-electron chi connectivity index (χ0n) is 56.4. The molecule has 35 heteroatoms.